The van der Waals surface area contributed by atoms with E-state index in [9.17, 15) is 10.1 Å². The van der Waals surface area contributed by atoms with Crippen molar-refractivity contribution in [2.24, 2.45) is 0 Å². The lowest BCUT2D eigenvalue weighted by Gasteiger charge is -2.41. The fraction of sp³-hybridized carbons (Fsp3) is 0.333. The fourth-order valence-electron chi connectivity index (χ4n) is 4.82. The second-order valence-electron chi connectivity index (χ2n) is 8.84. The van der Waals surface area contributed by atoms with E-state index in [-0.39, 0.29) is 11.7 Å². The highest BCUT2D eigenvalue weighted by Crippen LogP contribution is 2.29. The van der Waals surface area contributed by atoms with E-state index in [1.165, 1.54) is 0 Å². The number of halogens is 1. The van der Waals surface area contributed by atoms with Crippen molar-refractivity contribution >= 4 is 28.9 Å². The molecule has 5 rings (SSSR count). The Bertz CT molecular complexity index is 1220. The van der Waals surface area contributed by atoms with Gasteiger partial charge in [-0.15, -0.1) is 0 Å². The Morgan fingerprint density at radius 1 is 1.00 bits per heavy atom. The summed E-state index contributed by atoms with van der Waals surface area (Å²) in [6, 6.07) is 19.0. The number of piperidine rings is 1. The lowest BCUT2D eigenvalue weighted by atomic mass is 10.0. The average molecular weight is 491 g/mol. The maximum atomic E-state index is 12.8. The zero-order valence-corrected chi connectivity index (χ0v) is 20.1. The lowest BCUT2D eigenvalue weighted by Crippen LogP contribution is -2.49. The monoisotopic (exact) mass is 490 g/mol. The van der Waals surface area contributed by atoms with Gasteiger partial charge in [0.15, 0.2) is 5.76 Å². The highest BCUT2D eigenvalue weighted by Gasteiger charge is 2.27. The number of nitrogens with zero attached hydrogens (tertiary/aromatic N) is 3. The number of hydrogen-bond donors (Lipinski definition) is 1. The number of morpholine rings is 1. The smallest absolute Gasteiger partial charge is 0.291 e. The zero-order chi connectivity index (χ0) is 24.2. The lowest BCUT2D eigenvalue weighted by molar-refractivity contribution is 0.0115. The maximum absolute atomic E-state index is 12.8. The normalized spacial score (nSPS) is 17.2. The molecule has 0 atom stereocenters. The minimum Gasteiger partial charge on any atom is -0.451 e. The Labute approximate surface area is 209 Å². The molecule has 0 radical (unpaired) electrons. The Morgan fingerprint density at radius 2 is 1.74 bits per heavy atom. The molecule has 2 aliphatic heterocycles. The number of anilines is 2. The molecule has 7 nitrogen and oxygen atoms in total. The quantitative estimate of drug-likeness (QED) is 0.540. The van der Waals surface area contributed by atoms with Crippen LogP contribution in [0.2, 0.25) is 5.02 Å². The molecule has 8 heteroatoms. The number of carbonyl (C=O) groups is 1. The maximum Gasteiger partial charge on any atom is 0.291 e. The summed E-state index contributed by atoms with van der Waals surface area (Å²) >= 11 is 5.94. The highest BCUT2D eigenvalue weighted by molar-refractivity contribution is 6.30. The molecule has 180 valence electrons. The predicted octanol–water partition coefficient (Wildman–Crippen LogP) is 5.02. The first-order chi connectivity index (χ1) is 17.1. The molecule has 35 heavy (non-hydrogen) atoms. The molecule has 1 aromatic heterocycles. The van der Waals surface area contributed by atoms with E-state index in [4.69, 9.17) is 20.8 Å². The molecule has 0 bridgehead atoms. The Balaban J connectivity index is 1.23. The standard InChI is InChI=1S/C27H27ClN4O3/c28-21-3-1-19(2-4-21)25-7-8-26(35-25)27(33)30-22-5-6-24(20(17-22)18-29)32-11-9-23(10-12-32)31-13-15-34-16-14-31/h1-8,17,23H,9-16H2,(H,30,33). The third-order valence-electron chi connectivity index (χ3n) is 6.70. The first-order valence-electron chi connectivity index (χ1n) is 11.9. The van der Waals surface area contributed by atoms with Gasteiger partial charge in [0.05, 0.1) is 24.5 Å². The Kier molecular flexibility index (Phi) is 7.05. The van der Waals surface area contributed by atoms with Crippen molar-refractivity contribution in [3.63, 3.8) is 0 Å². The van der Waals surface area contributed by atoms with E-state index in [1.807, 2.05) is 24.3 Å². The summed E-state index contributed by atoms with van der Waals surface area (Å²) in [6.07, 6.45) is 2.13. The van der Waals surface area contributed by atoms with Crippen LogP contribution in [0.3, 0.4) is 0 Å². The second-order valence-corrected chi connectivity index (χ2v) is 9.27. The van der Waals surface area contributed by atoms with Gasteiger partial charge in [-0.05, 0) is 67.4 Å². The summed E-state index contributed by atoms with van der Waals surface area (Å²) in [5, 5.41) is 13.3. The number of ether oxygens (including phenoxy) is 1. The third kappa shape index (κ3) is 5.35. The van der Waals surface area contributed by atoms with Crippen molar-refractivity contribution in [2.45, 2.75) is 18.9 Å². The van der Waals surface area contributed by atoms with Crippen LogP contribution in [0.4, 0.5) is 11.4 Å². The van der Waals surface area contributed by atoms with E-state index >= 15 is 0 Å². The first kappa shape index (κ1) is 23.4. The van der Waals surface area contributed by atoms with Crippen molar-refractivity contribution in [3.05, 3.63) is 70.9 Å². The van der Waals surface area contributed by atoms with Crippen LogP contribution in [0.15, 0.2) is 59.0 Å². The van der Waals surface area contributed by atoms with Crippen LogP contribution in [0.25, 0.3) is 11.3 Å². The minimum atomic E-state index is -0.367. The van der Waals surface area contributed by atoms with Crippen LogP contribution in [0.1, 0.15) is 29.0 Å². The van der Waals surface area contributed by atoms with Gasteiger partial charge < -0.3 is 19.4 Å². The number of carbonyl (C=O) groups excluding carboxylic acids is 1. The summed E-state index contributed by atoms with van der Waals surface area (Å²) in [5.74, 6) is 0.413. The van der Waals surface area contributed by atoms with Crippen molar-refractivity contribution in [1.29, 1.82) is 5.26 Å². The van der Waals surface area contributed by atoms with Crippen LogP contribution in [0.5, 0.6) is 0 Å². The van der Waals surface area contributed by atoms with E-state index in [0.29, 0.717) is 28.1 Å². The van der Waals surface area contributed by atoms with Gasteiger partial charge in [0.25, 0.3) is 5.91 Å². The number of nitrogens with one attached hydrogen (secondary N) is 1. The van der Waals surface area contributed by atoms with Crippen molar-refractivity contribution < 1.29 is 13.9 Å². The molecule has 0 unspecified atom stereocenters. The van der Waals surface area contributed by atoms with Crippen molar-refractivity contribution in [3.8, 4) is 17.4 Å². The number of benzene rings is 2. The number of amides is 1. The van der Waals surface area contributed by atoms with Crippen LogP contribution in [-0.4, -0.2) is 56.2 Å². The van der Waals surface area contributed by atoms with Gasteiger partial charge in [-0.25, -0.2) is 0 Å². The number of nitriles is 1. The van der Waals surface area contributed by atoms with Gasteiger partial charge >= 0.3 is 0 Å². The topological polar surface area (TPSA) is 81.7 Å². The van der Waals surface area contributed by atoms with Gasteiger partial charge in [0.1, 0.15) is 11.8 Å². The van der Waals surface area contributed by atoms with Gasteiger partial charge in [0, 0.05) is 48.5 Å². The molecule has 0 spiro atoms. The van der Waals surface area contributed by atoms with Crippen molar-refractivity contribution in [2.75, 3.05) is 49.6 Å². The Morgan fingerprint density at radius 3 is 2.46 bits per heavy atom. The average Bonchev–Trinajstić information content (AvgIpc) is 3.40. The molecule has 2 saturated heterocycles. The minimum absolute atomic E-state index is 0.197. The van der Waals surface area contributed by atoms with Gasteiger partial charge in [0.2, 0.25) is 0 Å². The van der Waals surface area contributed by atoms with Crippen LogP contribution >= 0.6 is 11.6 Å². The first-order valence-corrected chi connectivity index (χ1v) is 12.3. The molecular weight excluding hydrogens is 464 g/mol. The predicted molar refractivity (Wildman–Crippen MR) is 136 cm³/mol. The highest BCUT2D eigenvalue weighted by atomic mass is 35.5. The van der Waals surface area contributed by atoms with Crippen LogP contribution in [-0.2, 0) is 4.74 Å². The third-order valence-corrected chi connectivity index (χ3v) is 6.95. The molecule has 3 aromatic rings. The van der Waals surface area contributed by atoms with E-state index in [2.05, 4.69) is 21.2 Å². The van der Waals surface area contributed by atoms with Gasteiger partial charge in [-0.2, -0.15) is 5.26 Å². The SMILES string of the molecule is N#Cc1cc(NC(=O)c2ccc(-c3ccc(Cl)cc3)o2)ccc1N1CCC(N2CCOCC2)CC1. The zero-order valence-electron chi connectivity index (χ0n) is 19.4. The van der Waals surface area contributed by atoms with Gasteiger partial charge in [-0.3, -0.25) is 9.69 Å². The van der Waals surface area contributed by atoms with E-state index in [0.717, 1.165) is 63.5 Å². The second kappa shape index (κ2) is 10.5. The molecule has 0 aliphatic carbocycles. The number of hydrogen-bond acceptors (Lipinski definition) is 6. The molecule has 2 aliphatic rings. The number of furan rings is 1. The molecule has 1 N–H and O–H groups in total. The number of rotatable bonds is 5. The Hall–Kier alpha value is -3.31. The molecule has 0 saturated carbocycles. The molecule has 1 amide bonds. The van der Waals surface area contributed by atoms with E-state index < -0.39 is 0 Å². The fourth-order valence-corrected chi connectivity index (χ4v) is 4.94. The summed E-state index contributed by atoms with van der Waals surface area (Å²) in [6.45, 7) is 5.43. The molecule has 3 heterocycles. The van der Waals surface area contributed by atoms with Gasteiger partial charge in [-0.1, -0.05) is 11.6 Å². The largest absolute Gasteiger partial charge is 0.451 e. The summed E-state index contributed by atoms with van der Waals surface area (Å²) in [7, 11) is 0. The molecular formula is C27H27ClN4O3. The molecule has 2 aromatic carbocycles. The van der Waals surface area contributed by atoms with E-state index in [1.54, 1.807) is 30.3 Å². The van der Waals surface area contributed by atoms with Crippen molar-refractivity contribution in [1.82, 2.24) is 4.90 Å². The van der Waals surface area contributed by atoms with Crippen LogP contribution in [0, 0.1) is 11.3 Å². The molecule has 2 fully saturated rings. The van der Waals surface area contributed by atoms with Crippen LogP contribution < -0.4 is 10.2 Å². The summed E-state index contributed by atoms with van der Waals surface area (Å²) in [5.41, 5.74) is 2.85. The summed E-state index contributed by atoms with van der Waals surface area (Å²) in [4.78, 5) is 17.5. The summed E-state index contributed by atoms with van der Waals surface area (Å²) < 4.78 is 11.2.